The van der Waals surface area contributed by atoms with Gasteiger partial charge in [0.1, 0.15) is 17.2 Å². The van der Waals surface area contributed by atoms with Crippen molar-refractivity contribution in [3.63, 3.8) is 0 Å². The van der Waals surface area contributed by atoms with Crippen molar-refractivity contribution in [3.05, 3.63) is 59.2 Å². The minimum atomic E-state index is -4.77. The van der Waals surface area contributed by atoms with Gasteiger partial charge in [0.2, 0.25) is 11.8 Å². The van der Waals surface area contributed by atoms with E-state index < -0.39 is 58.4 Å². The summed E-state index contributed by atoms with van der Waals surface area (Å²) in [5.74, 6) is -3.31. The second-order valence-electron chi connectivity index (χ2n) is 12.0. The maximum Gasteiger partial charge on any atom is 0.419 e. The molecule has 1 aromatic carbocycles. The van der Waals surface area contributed by atoms with Crippen LogP contribution < -0.4 is 15.4 Å². The molecule has 2 aliphatic heterocycles. The molecule has 1 aromatic heterocycles. The van der Waals surface area contributed by atoms with E-state index in [2.05, 4.69) is 15.6 Å². The Morgan fingerprint density at radius 3 is 2.60 bits per heavy atom. The van der Waals surface area contributed by atoms with Gasteiger partial charge in [0, 0.05) is 36.7 Å². The number of pyridine rings is 1. The highest BCUT2D eigenvalue weighted by Crippen LogP contribution is 2.52. The van der Waals surface area contributed by atoms with Crippen molar-refractivity contribution in [2.24, 2.45) is 11.8 Å². The molecule has 40 heavy (non-hydrogen) atoms. The largest absolute Gasteiger partial charge is 0.487 e. The molecule has 3 N–H and O–H groups in total. The molecular formula is C28H31F4N5O3. The Morgan fingerprint density at radius 2 is 1.98 bits per heavy atom. The van der Waals surface area contributed by atoms with Crippen molar-refractivity contribution >= 4 is 17.8 Å². The molecule has 1 aliphatic carbocycles. The SMILES string of the molecule is CC1(C)CC(=O)N([C@H](c2cccnc2)C2C[C@H]2C(=O)N[C@@H]2CC(C)(C)Oc3c(C(F)(F)F)ccc(F)c32)C(=N)N1. The van der Waals surface area contributed by atoms with Crippen molar-refractivity contribution in [1.82, 2.24) is 20.5 Å². The smallest absolute Gasteiger partial charge is 0.419 e. The number of halogens is 4. The fourth-order valence-corrected chi connectivity index (χ4v) is 5.86. The van der Waals surface area contributed by atoms with E-state index >= 15 is 0 Å². The number of aromatic nitrogens is 1. The lowest BCUT2D eigenvalue weighted by Gasteiger charge is -2.42. The number of fused-ring (bicyclic) bond motifs is 1. The van der Waals surface area contributed by atoms with Crippen LogP contribution in [0.5, 0.6) is 5.75 Å². The summed E-state index contributed by atoms with van der Waals surface area (Å²) in [5.41, 5.74) is -2.49. The van der Waals surface area contributed by atoms with Gasteiger partial charge in [0.15, 0.2) is 5.96 Å². The van der Waals surface area contributed by atoms with E-state index in [-0.39, 0.29) is 36.2 Å². The minimum absolute atomic E-state index is 0.0572. The van der Waals surface area contributed by atoms with Gasteiger partial charge < -0.3 is 15.4 Å². The Morgan fingerprint density at radius 1 is 1.25 bits per heavy atom. The van der Waals surface area contributed by atoms with Gasteiger partial charge >= 0.3 is 6.18 Å². The molecule has 3 heterocycles. The average molecular weight is 562 g/mol. The minimum Gasteiger partial charge on any atom is -0.487 e. The van der Waals surface area contributed by atoms with E-state index in [0.29, 0.717) is 18.1 Å². The second kappa shape index (κ2) is 9.45. The predicted octanol–water partition coefficient (Wildman–Crippen LogP) is 4.87. The summed E-state index contributed by atoms with van der Waals surface area (Å²) in [6.07, 6.45) is -1.03. The molecule has 2 amide bonds. The number of carbonyl (C=O) groups excluding carboxylic acids is 2. The van der Waals surface area contributed by atoms with Crippen LogP contribution in [0.1, 0.15) is 75.7 Å². The Bertz CT molecular complexity index is 1340. The number of nitrogens with zero attached hydrogens (tertiary/aromatic N) is 2. The van der Waals surface area contributed by atoms with Crippen LogP contribution in [0, 0.1) is 23.1 Å². The number of guanidine groups is 1. The van der Waals surface area contributed by atoms with Gasteiger partial charge in [-0.2, -0.15) is 13.2 Å². The average Bonchev–Trinajstić information content (AvgIpc) is 3.60. The first-order valence-electron chi connectivity index (χ1n) is 13.1. The van der Waals surface area contributed by atoms with Crippen LogP contribution in [-0.4, -0.2) is 38.8 Å². The van der Waals surface area contributed by atoms with Crippen molar-refractivity contribution in [3.8, 4) is 5.75 Å². The summed E-state index contributed by atoms with van der Waals surface area (Å²) in [5, 5.41) is 14.4. The van der Waals surface area contributed by atoms with Crippen LogP contribution in [0.15, 0.2) is 36.7 Å². The standard InChI is InChI=1S/C28H31F4N5O3/c1-26(2)12-20(38)37(25(33)36-26)22(14-6-5-9-34-13-14)15-10-16(15)24(39)35-19-11-27(3,4)40-23-17(28(30,31)32)7-8-18(29)21(19)23/h5-9,13,15-16,19,22H,10-12H2,1-4H3,(H2,33,36)(H,35,39)/t15?,16-,19-,22-/m1/s1. The summed E-state index contributed by atoms with van der Waals surface area (Å²) < 4.78 is 61.7. The molecule has 4 atom stereocenters. The second-order valence-corrected chi connectivity index (χ2v) is 12.0. The quantitative estimate of drug-likeness (QED) is 0.452. The molecule has 0 bridgehead atoms. The van der Waals surface area contributed by atoms with Gasteiger partial charge in [0.25, 0.3) is 0 Å². The van der Waals surface area contributed by atoms with Crippen molar-refractivity contribution in [1.29, 1.82) is 5.41 Å². The zero-order valence-corrected chi connectivity index (χ0v) is 22.5. The zero-order chi connectivity index (χ0) is 29.2. The van der Waals surface area contributed by atoms with Crippen molar-refractivity contribution in [2.45, 2.75) is 76.4 Å². The number of nitrogens with one attached hydrogen (secondary N) is 3. The zero-order valence-electron chi connectivity index (χ0n) is 22.5. The lowest BCUT2D eigenvalue weighted by Crippen LogP contribution is -2.60. The molecule has 1 saturated heterocycles. The topological polar surface area (TPSA) is 107 Å². The Kier molecular flexibility index (Phi) is 6.58. The first kappa shape index (κ1) is 27.9. The fourth-order valence-electron chi connectivity index (χ4n) is 5.86. The normalized spacial score (nSPS) is 25.8. The van der Waals surface area contributed by atoms with Crippen LogP contribution in [0.25, 0.3) is 0 Å². The molecular weight excluding hydrogens is 530 g/mol. The van der Waals surface area contributed by atoms with E-state index in [0.717, 1.165) is 6.07 Å². The molecule has 5 rings (SSSR count). The van der Waals surface area contributed by atoms with Gasteiger partial charge in [-0.25, -0.2) is 4.39 Å². The molecule has 0 radical (unpaired) electrons. The van der Waals surface area contributed by atoms with E-state index in [1.54, 1.807) is 38.4 Å². The van der Waals surface area contributed by atoms with E-state index in [4.69, 9.17) is 10.1 Å². The molecule has 0 spiro atoms. The lowest BCUT2D eigenvalue weighted by molar-refractivity contribution is -0.140. The summed E-state index contributed by atoms with van der Waals surface area (Å²) in [6, 6.07) is 3.16. The molecule has 1 saturated carbocycles. The Hall–Kier alpha value is -3.70. The molecule has 1 unspecified atom stereocenters. The highest BCUT2D eigenvalue weighted by Gasteiger charge is 2.54. The Balaban J connectivity index is 1.42. The van der Waals surface area contributed by atoms with Gasteiger partial charge in [-0.05, 0) is 63.8 Å². The number of carbonyl (C=O) groups is 2. The van der Waals surface area contributed by atoms with Crippen LogP contribution >= 0.6 is 0 Å². The van der Waals surface area contributed by atoms with Gasteiger partial charge in [-0.3, -0.25) is 24.9 Å². The summed E-state index contributed by atoms with van der Waals surface area (Å²) in [4.78, 5) is 32.2. The monoisotopic (exact) mass is 561 g/mol. The maximum atomic E-state index is 14.9. The molecule has 2 fully saturated rings. The third kappa shape index (κ3) is 5.23. The maximum absolute atomic E-state index is 14.9. The van der Waals surface area contributed by atoms with Crippen LogP contribution in [0.3, 0.4) is 0 Å². The van der Waals surface area contributed by atoms with Crippen LogP contribution in [0.2, 0.25) is 0 Å². The van der Waals surface area contributed by atoms with Crippen LogP contribution in [-0.2, 0) is 15.8 Å². The van der Waals surface area contributed by atoms with E-state index in [9.17, 15) is 27.2 Å². The number of benzene rings is 1. The molecule has 214 valence electrons. The number of hydrogen-bond acceptors (Lipinski definition) is 5. The van der Waals surface area contributed by atoms with Crippen molar-refractivity contribution in [2.75, 3.05) is 0 Å². The summed E-state index contributed by atoms with van der Waals surface area (Å²) in [7, 11) is 0. The molecule has 3 aliphatic rings. The van der Waals surface area contributed by atoms with E-state index in [1.165, 1.54) is 4.90 Å². The third-order valence-electron chi connectivity index (χ3n) is 7.63. The highest BCUT2D eigenvalue weighted by molar-refractivity contribution is 5.99. The summed E-state index contributed by atoms with van der Waals surface area (Å²) in [6.45, 7) is 6.81. The number of alkyl halides is 3. The molecule has 8 nitrogen and oxygen atoms in total. The van der Waals surface area contributed by atoms with Crippen molar-refractivity contribution < 1.29 is 31.9 Å². The van der Waals surface area contributed by atoms with Crippen LogP contribution in [0.4, 0.5) is 17.6 Å². The number of hydrogen-bond donors (Lipinski definition) is 3. The summed E-state index contributed by atoms with van der Waals surface area (Å²) >= 11 is 0. The fraction of sp³-hybridized carbons (Fsp3) is 0.500. The third-order valence-corrected chi connectivity index (χ3v) is 7.63. The molecule has 12 heteroatoms. The Labute approximate surface area is 229 Å². The number of rotatable bonds is 5. The predicted molar refractivity (Wildman–Crippen MR) is 137 cm³/mol. The highest BCUT2D eigenvalue weighted by atomic mass is 19.4. The van der Waals surface area contributed by atoms with Gasteiger partial charge in [0.05, 0.1) is 23.2 Å². The first-order chi connectivity index (χ1) is 18.6. The number of amides is 2. The van der Waals surface area contributed by atoms with Gasteiger partial charge in [-0.15, -0.1) is 0 Å². The number of ether oxygens (including phenoxy) is 1. The van der Waals surface area contributed by atoms with E-state index in [1.807, 2.05) is 13.8 Å². The van der Waals surface area contributed by atoms with Gasteiger partial charge in [-0.1, -0.05) is 6.07 Å². The molecule has 2 aromatic rings. The lowest BCUT2D eigenvalue weighted by atomic mass is 9.87. The first-order valence-corrected chi connectivity index (χ1v) is 13.1.